The van der Waals surface area contributed by atoms with E-state index in [-0.39, 0.29) is 35.9 Å². The van der Waals surface area contributed by atoms with Gasteiger partial charge in [0, 0.05) is 31.7 Å². The van der Waals surface area contributed by atoms with Gasteiger partial charge in [0.25, 0.3) is 0 Å². The Labute approximate surface area is 236 Å². The summed E-state index contributed by atoms with van der Waals surface area (Å²) in [7, 11) is 0. The van der Waals surface area contributed by atoms with Gasteiger partial charge in [-0.05, 0) is 44.3 Å². The fraction of sp³-hybridized carbons (Fsp3) is 0.407. The van der Waals surface area contributed by atoms with Gasteiger partial charge in [0.15, 0.2) is 11.3 Å². The maximum atomic E-state index is 12.2. The van der Waals surface area contributed by atoms with E-state index in [9.17, 15) is 9.59 Å². The predicted molar refractivity (Wildman–Crippen MR) is 155 cm³/mol. The van der Waals surface area contributed by atoms with Crippen molar-refractivity contribution >= 4 is 34.7 Å². The zero-order valence-electron chi connectivity index (χ0n) is 22.1. The molecule has 5 aromatic rings. The number of nitrogens with one attached hydrogen (secondary N) is 3. The number of hydrogen-bond donors (Lipinski definition) is 3. The predicted octanol–water partition coefficient (Wildman–Crippen LogP) is 2.42. The van der Waals surface area contributed by atoms with Crippen molar-refractivity contribution in [2.45, 2.75) is 44.3 Å². The molecule has 0 radical (unpaired) electrons. The molecule has 13 heteroatoms. The number of hydrogen-bond acceptors (Lipinski definition) is 8. The number of piperidine rings is 2. The Morgan fingerprint density at radius 1 is 0.750 bits per heavy atom. The number of nitrogens with zero attached hydrogens (tertiary/aromatic N) is 7. The normalized spacial score (nSPS) is 16.9. The Bertz CT molecular complexity index is 1650. The van der Waals surface area contributed by atoms with Crippen molar-refractivity contribution in [1.29, 1.82) is 0 Å². The summed E-state index contributed by atoms with van der Waals surface area (Å²) >= 11 is 0. The van der Waals surface area contributed by atoms with Crippen molar-refractivity contribution in [1.82, 2.24) is 49.3 Å². The molecule has 2 aliphatic heterocycles. The minimum absolute atomic E-state index is 0. The first-order valence-electron chi connectivity index (χ1n) is 13.4. The molecule has 0 spiro atoms. The minimum Gasteiger partial charge on any atom is -0.317 e. The van der Waals surface area contributed by atoms with Gasteiger partial charge in [-0.1, -0.05) is 30.3 Å². The lowest BCUT2D eigenvalue weighted by molar-refractivity contribution is 0.180. The number of benzene rings is 1. The lowest BCUT2D eigenvalue weighted by Crippen LogP contribution is -2.36. The third-order valence-corrected chi connectivity index (χ3v) is 7.64. The first-order chi connectivity index (χ1) is 19.2. The highest BCUT2D eigenvalue weighted by Gasteiger charge is 2.24. The molecule has 210 valence electrons. The van der Waals surface area contributed by atoms with E-state index in [2.05, 4.69) is 64.4 Å². The van der Waals surface area contributed by atoms with Crippen molar-refractivity contribution in [3.05, 3.63) is 81.9 Å². The van der Waals surface area contributed by atoms with Crippen LogP contribution in [0.25, 0.3) is 22.3 Å². The largest absolute Gasteiger partial charge is 0.327 e. The molecular formula is C27H33ClN10O2. The standard InChI is InChI=1S/C17H19N5O.C10H13N5O.ClH/c23-17-20-16-15(10-18-12-19-16)22(17)14-6-8-21(9-7-14)11-13-4-2-1-3-5-13;16-10-14-9-8(5-12-6-13-9)15(10)7-1-3-11-4-2-7;/h1-5,10,12,14H,6-9,11H2,(H,18,19,20,23);5-7,11H,1-4H2,(H,12,13,14,16);1H. The summed E-state index contributed by atoms with van der Waals surface area (Å²) < 4.78 is 3.62. The molecule has 0 amide bonds. The highest BCUT2D eigenvalue weighted by Crippen LogP contribution is 2.25. The Kier molecular flexibility index (Phi) is 8.68. The molecule has 6 heterocycles. The fourth-order valence-corrected chi connectivity index (χ4v) is 5.70. The summed E-state index contributed by atoms with van der Waals surface area (Å²) in [6, 6.07) is 11.0. The Hall–Kier alpha value is -3.87. The van der Waals surface area contributed by atoms with E-state index in [0.29, 0.717) is 11.3 Å². The Morgan fingerprint density at radius 2 is 1.27 bits per heavy atom. The van der Waals surface area contributed by atoms with Gasteiger partial charge in [0.05, 0.1) is 12.4 Å². The summed E-state index contributed by atoms with van der Waals surface area (Å²) in [6.45, 7) is 4.87. The molecular weight excluding hydrogens is 532 g/mol. The van der Waals surface area contributed by atoms with Gasteiger partial charge in [-0.3, -0.25) is 24.0 Å². The number of aromatic nitrogens is 8. The number of halogens is 1. The van der Waals surface area contributed by atoms with Crippen molar-refractivity contribution in [3.63, 3.8) is 0 Å². The fourth-order valence-electron chi connectivity index (χ4n) is 5.70. The number of H-pyrrole nitrogens is 2. The van der Waals surface area contributed by atoms with Gasteiger partial charge in [-0.25, -0.2) is 29.5 Å². The molecule has 12 nitrogen and oxygen atoms in total. The van der Waals surface area contributed by atoms with E-state index in [1.165, 1.54) is 18.2 Å². The average Bonchev–Trinajstić information content (AvgIpc) is 3.50. The number of aromatic amines is 2. The van der Waals surface area contributed by atoms with E-state index < -0.39 is 0 Å². The van der Waals surface area contributed by atoms with Gasteiger partial charge in [0.1, 0.15) is 23.7 Å². The van der Waals surface area contributed by atoms with Crippen LogP contribution < -0.4 is 16.7 Å². The summed E-state index contributed by atoms with van der Waals surface area (Å²) in [5, 5.41) is 3.29. The van der Waals surface area contributed by atoms with E-state index in [1.54, 1.807) is 17.0 Å². The zero-order chi connectivity index (χ0) is 26.6. The van der Waals surface area contributed by atoms with Crippen molar-refractivity contribution in [3.8, 4) is 0 Å². The molecule has 0 unspecified atom stereocenters. The number of fused-ring (bicyclic) bond motifs is 2. The van der Waals surface area contributed by atoms with Gasteiger partial charge in [-0.2, -0.15) is 0 Å². The third kappa shape index (κ3) is 5.83. The highest BCUT2D eigenvalue weighted by atomic mass is 35.5. The van der Waals surface area contributed by atoms with E-state index in [1.807, 2.05) is 10.6 Å². The van der Waals surface area contributed by atoms with Gasteiger partial charge in [0.2, 0.25) is 0 Å². The molecule has 0 atom stereocenters. The second kappa shape index (κ2) is 12.5. The summed E-state index contributed by atoms with van der Waals surface area (Å²) in [6.07, 6.45) is 10.2. The maximum absolute atomic E-state index is 12.2. The van der Waals surface area contributed by atoms with Crippen LogP contribution in [0.15, 0.2) is 65.0 Å². The molecule has 40 heavy (non-hydrogen) atoms. The second-order valence-corrected chi connectivity index (χ2v) is 10.1. The van der Waals surface area contributed by atoms with E-state index in [0.717, 1.165) is 69.4 Å². The van der Waals surface area contributed by atoms with Gasteiger partial charge >= 0.3 is 11.4 Å². The van der Waals surface area contributed by atoms with Crippen molar-refractivity contribution in [2.24, 2.45) is 0 Å². The monoisotopic (exact) mass is 564 g/mol. The molecule has 4 aromatic heterocycles. The van der Waals surface area contributed by atoms with Crippen LogP contribution in [0.2, 0.25) is 0 Å². The molecule has 0 aliphatic carbocycles. The van der Waals surface area contributed by atoms with Crippen LogP contribution in [-0.4, -0.2) is 70.1 Å². The summed E-state index contributed by atoms with van der Waals surface area (Å²) in [4.78, 5) is 48.3. The average molecular weight is 565 g/mol. The second-order valence-electron chi connectivity index (χ2n) is 10.1. The van der Waals surface area contributed by atoms with Crippen molar-refractivity contribution < 1.29 is 0 Å². The quantitative estimate of drug-likeness (QED) is 0.302. The van der Waals surface area contributed by atoms with Crippen LogP contribution in [0.1, 0.15) is 43.3 Å². The SMILES string of the molecule is Cl.O=c1[nH]c2ncncc2n1C1CCN(Cc2ccccc2)CC1.O=c1[nH]c2ncncc2n1C1CCNCC1. The lowest BCUT2D eigenvalue weighted by atomic mass is 10.0. The Morgan fingerprint density at radius 3 is 1.82 bits per heavy atom. The van der Waals surface area contributed by atoms with Crippen LogP contribution in [0, 0.1) is 0 Å². The van der Waals surface area contributed by atoms with E-state index in [4.69, 9.17) is 0 Å². The van der Waals surface area contributed by atoms with Crippen LogP contribution in [0.5, 0.6) is 0 Å². The molecule has 0 saturated carbocycles. The first-order valence-corrected chi connectivity index (χ1v) is 13.4. The van der Waals surface area contributed by atoms with Crippen LogP contribution in [-0.2, 0) is 6.54 Å². The zero-order valence-corrected chi connectivity index (χ0v) is 22.9. The molecule has 2 aliphatic rings. The summed E-state index contributed by atoms with van der Waals surface area (Å²) in [5.41, 5.74) is 4.03. The number of rotatable bonds is 4. The molecule has 3 N–H and O–H groups in total. The number of imidazole rings is 2. The maximum Gasteiger partial charge on any atom is 0.327 e. The lowest BCUT2D eigenvalue weighted by Gasteiger charge is -2.32. The number of likely N-dealkylation sites (tertiary alicyclic amines) is 1. The Balaban J connectivity index is 0.000000167. The van der Waals surface area contributed by atoms with Crippen LogP contribution >= 0.6 is 12.4 Å². The third-order valence-electron chi connectivity index (χ3n) is 7.64. The molecule has 2 saturated heterocycles. The first kappa shape index (κ1) is 27.7. The van der Waals surface area contributed by atoms with Crippen molar-refractivity contribution in [2.75, 3.05) is 26.2 Å². The summed E-state index contributed by atoms with van der Waals surface area (Å²) in [5.74, 6) is 0. The molecule has 7 rings (SSSR count). The minimum atomic E-state index is -0.0815. The topological polar surface area (TPSA) is 142 Å². The smallest absolute Gasteiger partial charge is 0.317 e. The van der Waals surface area contributed by atoms with Gasteiger partial charge in [-0.15, -0.1) is 12.4 Å². The molecule has 2 fully saturated rings. The molecule has 1 aromatic carbocycles. The van der Waals surface area contributed by atoms with Crippen LogP contribution in [0.3, 0.4) is 0 Å². The van der Waals surface area contributed by atoms with Crippen LogP contribution in [0.4, 0.5) is 0 Å². The van der Waals surface area contributed by atoms with E-state index >= 15 is 0 Å². The highest BCUT2D eigenvalue weighted by molar-refractivity contribution is 5.85. The van der Waals surface area contributed by atoms with Gasteiger partial charge < -0.3 is 5.32 Å². The molecule has 0 bridgehead atoms.